The van der Waals surface area contributed by atoms with Crippen molar-refractivity contribution in [2.45, 2.75) is 32.1 Å². The average Bonchev–Trinajstić information content (AvgIpc) is 2.49. The van der Waals surface area contributed by atoms with Crippen LogP contribution in [0, 0.1) is 23.5 Å². The van der Waals surface area contributed by atoms with E-state index < -0.39 is 11.6 Å². The molecule has 0 N–H and O–H groups in total. The number of amides is 1. The molecule has 1 aliphatic carbocycles. The third kappa shape index (κ3) is 2.43. The Morgan fingerprint density at radius 1 is 1.10 bits per heavy atom. The molecule has 1 saturated carbocycles. The fourth-order valence-corrected chi connectivity index (χ4v) is 3.62. The summed E-state index contributed by atoms with van der Waals surface area (Å²) in [5.41, 5.74) is -0.140. The van der Waals surface area contributed by atoms with Crippen LogP contribution < -0.4 is 0 Å². The fraction of sp³-hybridized carbons (Fsp3) is 0.562. The van der Waals surface area contributed by atoms with Gasteiger partial charge in [0.05, 0.1) is 5.56 Å². The van der Waals surface area contributed by atoms with E-state index in [1.54, 1.807) is 4.90 Å². The molecule has 0 aromatic heterocycles. The summed E-state index contributed by atoms with van der Waals surface area (Å²) in [5.74, 6) is -1.10. The molecule has 20 heavy (non-hydrogen) atoms. The second-order valence-corrected chi connectivity index (χ2v) is 5.95. The molecule has 3 rings (SSSR count). The van der Waals surface area contributed by atoms with Crippen molar-refractivity contribution in [3.8, 4) is 0 Å². The molecule has 2 atom stereocenters. The summed E-state index contributed by atoms with van der Waals surface area (Å²) >= 11 is 0. The van der Waals surface area contributed by atoms with Crippen molar-refractivity contribution in [3.05, 3.63) is 35.4 Å². The highest BCUT2D eigenvalue weighted by atomic mass is 19.2. The highest BCUT2D eigenvalue weighted by Gasteiger charge is 2.34. The fourth-order valence-electron chi connectivity index (χ4n) is 3.62. The van der Waals surface area contributed by atoms with Crippen LogP contribution >= 0.6 is 0 Å². The minimum Gasteiger partial charge on any atom is -0.338 e. The third-order valence-electron chi connectivity index (χ3n) is 4.76. The number of carbonyl (C=O) groups is 1. The van der Waals surface area contributed by atoms with Crippen molar-refractivity contribution in [3.63, 3.8) is 0 Å². The number of likely N-dealkylation sites (tertiary alicyclic amines) is 1. The summed E-state index contributed by atoms with van der Waals surface area (Å²) in [6, 6.07) is 3.80. The molecule has 1 aromatic rings. The minimum absolute atomic E-state index is 0.140. The Kier molecular flexibility index (Phi) is 3.72. The summed E-state index contributed by atoms with van der Waals surface area (Å²) < 4.78 is 26.9. The Morgan fingerprint density at radius 3 is 2.65 bits per heavy atom. The second-order valence-electron chi connectivity index (χ2n) is 5.95. The Hall–Kier alpha value is -1.45. The number of piperidine rings is 1. The number of hydrogen-bond acceptors (Lipinski definition) is 1. The lowest BCUT2D eigenvalue weighted by atomic mass is 9.75. The molecule has 0 bridgehead atoms. The van der Waals surface area contributed by atoms with Gasteiger partial charge in [0.15, 0.2) is 11.6 Å². The summed E-state index contributed by atoms with van der Waals surface area (Å²) in [5, 5.41) is 0. The molecule has 1 saturated heterocycles. The lowest BCUT2D eigenvalue weighted by molar-refractivity contribution is 0.0516. The number of carbonyl (C=O) groups excluding carboxylic acids is 1. The van der Waals surface area contributed by atoms with Crippen LogP contribution in [0.3, 0.4) is 0 Å². The SMILES string of the molecule is O=C(c1cccc(F)c1F)N1CCC2CCCCC2C1. The van der Waals surface area contributed by atoms with Gasteiger partial charge < -0.3 is 4.90 Å². The van der Waals surface area contributed by atoms with Crippen molar-refractivity contribution in [1.82, 2.24) is 4.90 Å². The first-order valence-corrected chi connectivity index (χ1v) is 7.40. The van der Waals surface area contributed by atoms with Crippen molar-refractivity contribution < 1.29 is 13.6 Å². The van der Waals surface area contributed by atoms with Crippen LogP contribution in [0.4, 0.5) is 8.78 Å². The van der Waals surface area contributed by atoms with E-state index in [-0.39, 0.29) is 11.5 Å². The van der Waals surface area contributed by atoms with Crippen molar-refractivity contribution in [2.75, 3.05) is 13.1 Å². The van der Waals surface area contributed by atoms with E-state index in [1.165, 1.54) is 31.4 Å². The van der Waals surface area contributed by atoms with Gasteiger partial charge in [-0.2, -0.15) is 0 Å². The van der Waals surface area contributed by atoms with Gasteiger partial charge in [0.25, 0.3) is 5.91 Å². The number of rotatable bonds is 1. The first-order valence-electron chi connectivity index (χ1n) is 7.40. The largest absolute Gasteiger partial charge is 0.338 e. The Balaban J connectivity index is 1.76. The Labute approximate surface area is 117 Å². The van der Waals surface area contributed by atoms with E-state index in [9.17, 15) is 13.6 Å². The van der Waals surface area contributed by atoms with Crippen LogP contribution in [-0.2, 0) is 0 Å². The second kappa shape index (κ2) is 5.51. The monoisotopic (exact) mass is 279 g/mol. The van der Waals surface area contributed by atoms with E-state index in [1.807, 2.05) is 0 Å². The maximum Gasteiger partial charge on any atom is 0.256 e. The molecular formula is C16H19F2NO. The highest BCUT2D eigenvalue weighted by molar-refractivity contribution is 5.94. The molecule has 1 heterocycles. The lowest BCUT2D eigenvalue weighted by Gasteiger charge is -2.41. The maximum atomic E-state index is 13.7. The lowest BCUT2D eigenvalue weighted by Crippen LogP contribution is -2.45. The summed E-state index contributed by atoms with van der Waals surface area (Å²) in [6.45, 7) is 1.36. The van der Waals surface area contributed by atoms with Gasteiger partial charge in [-0.05, 0) is 36.8 Å². The van der Waals surface area contributed by atoms with E-state index in [0.29, 0.717) is 24.9 Å². The molecule has 2 fully saturated rings. The molecule has 1 aliphatic heterocycles. The number of fused-ring (bicyclic) bond motifs is 1. The highest BCUT2D eigenvalue weighted by Crippen LogP contribution is 2.36. The molecule has 4 heteroatoms. The van der Waals surface area contributed by atoms with Crippen LogP contribution in [0.15, 0.2) is 18.2 Å². The van der Waals surface area contributed by atoms with Crippen LogP contribution in [-0.4, -0.2) is 23.9 Å². The van der Waals surface area contributed by atoms with Crippen molar-refractivity contribution in [1.29, 1.82) is 0 Å². The quantitative estimate of drug-likeness (QED) is 0.769. The molecule has 0 spiro atoms. The smallest absolute Gasteiger partial charge is 0.256 e. The van der Waals surface area contributed by atoms with E-state index >= 15 is 0 Å². The maximum absolute atomic E-state index is 13.7. The topological polar surface area (TPSA) is 20.3 Å². The Bertz CT molecular complexity index is 517. The molecular weight excluding hydrogens is 260 g/mol. The summed E-state index contributed by atoms with van der Waals surface area (Å²) in [6.07, 6.45) is 5.90. The zero-order valence-electron chi connectivity index (χ0n) is 11.4. The van der Waals surface area contributed by atoms with Crippen LogP contribution in [0.2, 0.25) is 0 Å². The zero-order valence-corrected chi connectivity index (χ0v) is 11.4. The molecule has 2 unspecified atom stereocenters. The van der Waals surface area contributed by atoms with Crippen LogP contribution in [0.1, 0.15) is 42.5 Å². The van der Waals surface area contributed by atoms with Crippen LogP contribution in [0.5, 0.6) is 0 Å². The van der Waals surface area contributed by atoms with Gasteiger partial charge in [-0.25, -0.2) is 8.78 Å². The van der Waals surface area contributed by atoms with Gasteiger partial charge in [-0.1, -0.05) is 25.3 Å². The number of nitrogens with zero attached hydrogens (tertiary/aromatic N) is 1. The van der Waals surface area contributed by atoms with Gasteiger partial charge in [-0.15, -0.1) is 0 Å². The third-order valence-corrected chi connectivity index (χ3v) is 4.76. The van der Waals surface area contributed by atoms with Crippen molar-refractivity contribution >= 4 is 5.91 Å². The summed E-state index contributed by atoms with van der Waals surface area (Å²) in [7, 11) is 0. The molecule has 1 aromatic carbocycles. The molecule has 1 amide bonds. The molecule has 2 nitrogen and oxygen atoms in total. The van der Waals surface area contributed by atoms with Gasteiger partial charge in [0, 0.05) is 13.1 Å². The predicted octanol–water partition coefficient (Wildman–Crippen LogP) is 3.62. The minimum atomic E-state index is -1.02. The van der Waals surface area contributed by atoms with Gasteiger partial charge in [0.2, 0.25) is 0 Å². The Morgan fingerprint density at radius 2 is 1.85 bits per heavy atom. The van der Waals surface area contributed by atoms with Gasteiger partial charge >= 0.3 is 0 Å². The zero-order chi connectivity index (χ0) is 14.1. The van der Waals surface area contributed by atoms with E-state index in [0.717, 1.165) is 18.9 Å². The number of halogens is 2. The molecule has 2 aliphatic rings. The van der Waals surface area contributed by atoms with E-state index in [2.05, 4.69) is 0 Å². The average molecular weight is 279 g/mol. The summed E-state index contributed by atoms with van der Waals surface area (Å²) in [4.78, 5) is 14.1. The first kappa shape index (κ1) is 13.5. The number of hydrogen-bond donors (Lipinski definition) is 0. The van der Waals surface area contributed by atoms with Crippen molar-refractivity contribution in [2.24, 2.45) is 11.8 Å². The normalized spacial score (nSPS) is 26.2. The predicted molar refractivity (Wildman–Crippen MR) is 72.3 cm³/mol. The van der Waals surface area contributed by atoms with Crippen LogP contribution in [0.25, 0.3) is 0 Å². The van der Waals surface area contributed by atoms with Gasteiger partial charge in [-0.3, -0.25) is 4.79 Å². The standard InChI is InChI=1S/C16H19F2NO/c17-14-7-3-6-13(15(14)18)16(20)19-9-8-11-4-1-2-5-12(11)10-19/h3,6-7,11-12H,1-2,4-5,8-10H2. The number of benzene rings is 1. The molecule has 108 valence electrons. The van der Waals surface area contributed by atoms with Gasteiger partial charge in [0.1, 0.15) is 0 Å². The van der Waals surface area contributed by atoms with E-state index in [4.69, 9.17) is 0 Å². The first-order chi connectivity index (χ1) is 9.66. The molecule has 0 radical (unpaired) electrons.